The van der Waals surface area contributed by atoms with Crippen molar-refractivity contribution in [2.75, 3.05) is 19.0 Å². The number of rotatable bonds is 3. The van der Waals surface area contributed by atoms with Gasteiger partial charge in [-0.15, -0.1) is 0 Å². The first-order valence-electron chi connectivity index (χ1n) is 7.89. The lowest BCUT2D eigenvalue weighted by Gasteiger charge is -2.35. The normalized spacial score (nSPS) is 17.6. The standard InChI is InChI=1S/C18H21N3O2/c1-23-16-9-7-15(8-10-16)20-18(22)21-12-3-2-6-17(21)14-5-4-11-19-13-14/h4-5,7-11,13,17H,2-3,6,12H2,1H3,(H,20,22)/t17-/m1/s1. The van der Waals surface area contributed by atoms with Crippen LogP contribution in [-0.4, -0.2) is 29.6 Å². The molecule has 1 aliphatic heterocycles. The van der Waals surface area contributed by atoms with Crippen LogP contribution < -0.4 is 10.1 Å². The van der Waals surface area contributed by atoms with E-state index in [0.29, 0.717) is 0 Å². The summed E-state index contributed by atoms with van der Waals surface area (Å²) in [6.45, 7) is 0.765. The maximum Gasteiger partial charge on any atom is 0.322 e. The summed E-state index contributed by atoms with van der Waals surface area (Å²) < 4.78 is 5.14. The molecule has 2 aromatic rings. The number of amides is 2. The number of anilines is 1. The van der Waals surface area contributed by atoms with Crippen molar-refractivity contribution in [2.45, 2.75) is 25.3 Å². The molecule has 0 saturated carbocycles. The molecule has 1 saturated heterocycles. The van der Waals surface area contributed by atoms with Crippen LogP contribution in [0, 0.1) is 0 Å². The van der Waals surface area contributed by atoms with Crippen LogP contribution in [0.5, 0.6) is 5.75 Å². The zero-order valence-electron chi connectivity index (χ0n) is 13.2. The number of benzene rings is 1. The van der Waals surface area contributed by atoms with Crippen LogP contribution in [0.4, 0.5) is 10.5 Å². The van der Waals surface area contributed by atoms with Gasteiger partial charge in [-0.05, 0) is 55.2 Å². The number of ether oxygens (including phenoxy) is 1. The Bertz CT molecular complexity index is 643. The molecule has 2 heterocycles. The lowest BCUT2D eigenvalue weighted by molar-refractivity contribution is 0.163. The van der Waals surface area contributed by atoms with E-state index in [0.717, 1.165) is 42.8 Å². The van der Waals surface area contributed by atoms with E-state index < -0.39 is 0 Å². The van der Waals surface area contributed by atoms with Crippen LogP contribution in [0.1, 0.15) is 30.9 Å². The highest BCUT2D eigenvalue weighted by Gasteiger charge is 2.28. The van der Waals surface area contributed by atoms with Gasteiger partial charge in [-0.3, -0.25) is 4.98 Å². The summed E-state index contributed by atoms with van der Waals surface area (Å²) in [4.78, 5) is 18.8. The van der Waals surface area contributed by atoms with Crippen LogP contribution >= 0.6 is 0 Å². The number of pyridine rings is 1. The van der Waals surface area contributed by atoms with Crippen molar-refractivity contribution in [3.05, 3.63) is 54.4 Å². The predicted octanol–water partition coefficient (Wildman–Crippen LogP) is 3.85. The molecule has 5 heteroatoms. The number of carbonyl (C=O) groups is 1. The second-order valence-electron chi connectivity index (χ2n) is 5.65. The number of carbonyl (C=O) groups excluding carboxylic acids is 1. The van der Waals surface area contributed by atoms with E-state index >= 15 is 0 Å². The van der Waals surface area contributed by atoms with Gasteiger partial charge in [-0.1, -0.05) is 6.07 Å². The number of likely N-dealkylation sites (tertiary alicyclic amines) is 1. The van der Waals surface area contributed by atoms with E-state index in [2.05, 4.69) is 10.3 Å². The van der Waals surface area contributed by atoms with Crippen LogP contribution in [0.2, 0.25) is 0 Å². The third-order valence-electron chi connectivity index (χ3n) is 4.17. The van der Waals surface area contributed by atoms with Crippen molar-refractivity contribution in [3.63, 3.8) is 0 Å². The molecule has 120 valence electrons. The molecule has 5 nitrogen and oxygen atoms in total. The van der Waals surface area contributed by atoms with Gasteiger partial charge in [0.2, 0.25) is 0 Å². The number of piperidine rings is 1. The van der Waals surface area contributed by atoms with Gasteiger partial charge in [0.1, 0.15) is 5.75 Å². The Morgan fingerprint density at radius 3 is 2.78 bits per heavy atom. The summed E-state index contributed by atoms with van der Waals surface area (Å²) >= 11 is 0. The van der Waals surface area contributed by atoms with E-state index in [1.807, 2.05) is 47.5 Å². The average molecular weight is 311 g/mol. The predicted molar refractivity (Wildman–Crippen MR) is 89.5 cm³/mol. The van der Waals surface area contributed by atoms with Crippen LogP contribution in [0.15, 0.2) is 48.8 Å². The molecular formula is C18H21N3O2. The zero-order valence-corrected chi connectivity index (χ0v) is 13.2. The van der Waals surface area contributed by atoms with Crippen molar-refractivity contribution in [1.82, 2.24) is 9.88 Å². The number of nitrogens with zero attached hydrogens (tertiary/aromatic N) is 2. The fraction of sp³-hybridized carbons (Fsp3) is 0.333. The fourth-order valence-electron chi connectivity index (χ4n) is 2.96. The van der Waals surface area contributed by atoms with E-state index in [-0.39, 0.29) is 12.1 Å². The molecule has 1 N–H and O–H groups in total. The van der Waals surface area contributed by atoms with Crippen molar-refractivity contribution in [3.8, 4) is 5.75 Å². The first-order valence-corrected chi connectivity index (χ1v) is 7.89. The van der Waals surface area contributed by atoms with E-state index in [1.165, 1.54) is 0 Å². The summed E-state index contributed by atoms with van der Waals surface area (Å²) in [6.07, 6.45) is 6.75. The Morgan fingerprint density at radius 1 is 1.26 bits per heavy atom. The molecule has 1 fully saturated rings. The van der Waals surface area contributed by atoms with Gasteiger partial charge >= 0.3 is 6.03 Å². The highest BCUT2D eigenvalue weighted by Crippen LogP contribution is 2.31. The minimum absolute atomic E-state index is 0.0660. The lowest BCUT2D eigenvalue weighted by Crippen LogP contribution is -2.41. The smallest absolute Gasteiger partial charge is 0.322 e. The third-order valence-corrected chi connectivity index (χ3v) is 4.17. The Morgan fingerprint density at radius 2 is 2.09 bits per heavy atom. The number of urea groups is 1. The third kappa shape index (κ3) is 3.62. The minimum atomic E-state index is -0.0660. The molecule has 3 rings (SSSR count). The maximum absolute atomic E-state index is 12.7. The largest absolute Gasteiger partial charge is 0.497 e. The zero-order chi connectivity index (χ0) is 16.1. The fourth-order valence-corrected chi connectivity index (χ4v) is 2.96. The molecule has 1 aromatic heterocycles. The van der Waals surface area contributed by atoms with Crippen molar-refractivity contribution in [2.24, 2.45) is 0 Å². The van der Waals surface area contributed by atoms with Gasteiger partial charge in [-0.2, -0.15) is 0 Å². The minimum Gasteiger partial charge on any atom is -0.497 e. The molecule has 23 heavy (non-hydrogen) atoms. The molecule has 0 spiro atoms. The first-order chi connectivity index (χ1) is 11.3. The molecule has 0 unspecified atom stereocenters. The van der Waals surface area contributed by atoms with E-state index in [1.54, 1.807) is 13.3 Å². The second-order valence-corrected chi connectivity index (χ2v) is 5.65. The highest BCUT2D eigenvalue weighted by atomic mass is 16.5. The van der Waals surface area contributed by atoms with Gasteiger partial charge in [0.25, 0.3) is 0 Å². The summed E-state index contributed by atoms with van der Waals surface area (Å²) in [5.41, 5.74) is 1.86. The second kappa shape index (κ2) is 7.13. The number of hydrogen-bond donors (Lipinski definition) is 1. The monoisotopic (exact) mass is 311 g/mol. The lowest BCUT2D eigenvalue weighted by atomic mass is 9.97. The summed E-state index contributed by atoms with van der Waals surface area (Å²) in [7, 11) is 1.62. The van der Waals surface area contributed by atoms with Crippen LogP contribution in [-0.2, 0) is 0 Å². The van der Waals surface area contributed by atoms with Crippen molar-refractivity contribution in [1.29, 1.82) is 0 Å². The van der Waals surface area contributed by atoms with Crippen molar-refractivity contribution >= 4 is 11.7 Å². The van der Waals surface area contributed by atoms with E-state index in [4.69, 9.17) is 4.74 Å². The van der Waals surface area contributed by atoms with Gasteiger partial charge in [0.15, 0.2) is 0 Å². The molecule has 1 aromatic carbocycles. The Kier molecular flexibility index (Phi) is 4.76. The van der Waals surface area contributed by atoms with Crippen LogP contribution in [0.3, 0.4) is 0 Å². The molecular weight excluding hydrogens is 290 g/mol. The Balaban J connectivity index is 1.73. The molecule has 1 aliphatic rings. The van der Waals surface area contributed by atoms with Crippen LogP contribution in [0.25, 0.3) is 0 Å². The molecule has 2 amide bonds. The van der Waals surface area contributed by atoms with E-state index in [9.17, 15) is 4.79 Å². The van der Waals surface area contributed by atoms with Gasteiger partial charge in [-0.25, -0.2) is 4.79 Å². The Hall–Kier alpha value is -2.56. The molecule has 0 radical (unpaired) electrons. The van der Waals surface area contributed by atoms with Gasteiger partial charge in [0, 0.05) is 24.6 Å². The number of methoxy groups -OCH3 is 1. The molecule has 0 bridgehead atoms. The molecule has 1 atom stereocenters. The number of nitrogens with one attached hydrogen (secondary N) is 1. The topological polar surface area (TPSA) is 54.5 Å². The average Bonchev–Trinajstić information content (AvgIpc) is 2.63. The van der Waals surface area contributed by atoms with Gasteiger partial charge < -0.3 is 15.0 Å². The van der Waals surface area contributed by atoms with Gasteiger partial charge in [0.05, 0.1) is 13.2 Å². The number of hydrogen-bond acceptors (Lipinski definition) is 3. The van der Waals surface area contributed by atoms with Crippen molar-refractivity contribution < 1.29 is 9.53 Å². The highest BCUT2D eigenvalue weighted by molar-refractivity contribution is 5.89. The SMILES string of the molecule is COc1ccc(NC(=O)N2CCCC[C@@H]2c2cccnc2)cc1. The first kappa shape index (κ1) is 15.3. The summed E-state index contributed by atoms with van der Waals surface area (Å²) in [6, 6.07) is 11.4. The Labute approximate surface area is 136 Å². The summed E-state index contributed by atoms with van der Waals surface area (Å²) in [5.74, 6) is 0.772. The number of aromatic nitrogens is 1. The summed E-state index contributed by atoms with van der Waals surface area (Å²) in [5, 5.41) is 2.97. The molecule has 0 aliphatic carbocycles. The maximum atomic E-state index is 12.7. The quantitative estimate of drug-likeness (QED) is 0.936.